The van der Waals surface area contributed by atoms with Crippen LogP contribution in [0.25, 0.3) is 0 Å². The Morgan fingerprint density at radius 1 is 1.23 bits per heavy atom. The first-order valence-electron chi connectivity index (χ1n) is 4.62. The second-order valence-electron chi connectivity index (χ2n) is 3.65. The summed E-state index contributed by atoms with van der Waals surface area (Å²) >= 11 is 11.8. The zero-order valence-corrected chi connectivity index (χ0v) is 8.85. The Bertz CT molecular complexity index is 275. The van der Waals surface area contributed by atoms with Gasteiger partial charge in [0.15, 0.2) is 0 Å². The molecule has 2 heteroatoms. The van der Waals surface area contributed by atoms with Crippen molar-refractivity contribution in [2.24, 2.45) is 5.92 Å². The van der Waals surface area contributed by atoms with Crippen molar-refractivity contribution in [2.75, 3.05) is 5.88 Å². The first kappa shape index (κ1) is 9.36. The summed E-state index contributed by atoms with van der Waals surface area (Å²) in [7, 11) is 0. The fourth-order valence-electron chi connectivity index (χ4n) is 1.70. The van der Waals surface area contributed by atoms with E-state index >= 15 is 0 Å². The minimum absolute atomic E-state index is 0.541. The van der Waals surface area contributed by atoms with E-state index in [0.29, 0.717) is 5.92 Å². The fraction of sp³-hybridized carbons (Fsp3) is 0.455. The lowest BCUT2D eigenvalue weighted by Crippen LogP contribution is -2.02. The lowest BCUT2D eigenvalue weighted by molar-refractivity contribution is 0.670. The predicted octanol–water partition coefficient (Wildman–Crippen LogP) is 4.07. The summed E-state index contributed by atoms with van der Waals surface area (Å²) in [5.41, 5.74) is 1.34. The second-order valence-corrected chi connectivity index (χ2v) is 4.39. The van der Waals surface area contributed by atoms with Crippen LogP contribution >= 0.6 is 23.2 Å². The third-order valence-electron chi connectivity index (χ3n) is 2.66. The third-order valence-corrected chi connectivity index (χ3v) is 3.24. The summed E-state index contributed by atoms with van der Waals surface area (Å²) < 4.78 is 0. The molecule has 0 nitrogen and oxygen atoms in total. The molecule has 1 saturated carbocycles. The molecule has 0 bridgehead atoms. The summed E-state index contributed by atoms with van der Waals surface area (Å²) in [4.78, 5) is 0. The van der Waals surface area contributed by atoms with E-state index in [1.165, 1.54) is 18.4 Å². The van der Waals surface area contributed by atoms with Crippen LogP contribution in [0.1, 0.15) is 24.3 Å². The predicted molar refractivity (Wildman–Crippen MR) is 57.6 cm³/mol. The van der Waals surface area contributed by atoms with Crippen LogP contribution < -0.4 is 0 Å². The van der Waals surface area contributed by atoms with Gasteiger partial charge in [-0.2, -0.15) is 0 Å². The summed E-state index contributed by atoms with van der Waals surface area (Å²) in [6, 6.07) is 8.07. The van der Waals surface area contributed by atoms with E-state index in [2.05, 4.69) is 12.1 Å². The molecule has 2 rings (SSSR count). The van der Waals surface area contributed by atoms with Crippen LogP contribution in [0.3, 0.4) is 0 Å². The smallest absolute Gasteiger partial charge is 0.0406 e. The first-order chi connectivity index (χ1) is 6.31. The molecule has 0 saturated heterocycles. The number of rotatable bonds is 3. The molecule has 0 heterocycles. The Morgan fingerprint density at radius 2 is 1.85 bits per heavy atom. The number of hydrogen-bond acceptors (Lipinski definition) is 0. The lowest BCUT2D eigenvalue weighted by atomic mass is 9.96. The van der Waals surface area contributed by atoms with Crippen molar-refractivity contribution in [1.29, 1.82) is 0 Å². The van der Waals surface area contributed by atoms with Gasteiger partial charge in [-0.1, -0.05) is 23.7 Å². The molecule has 1 unspecified atom stereocenters. The van der Waals surface area contributed by atoms with Gasteiger partial charge in [0.2, 0.25) is 0 Å². The van der Waals surface area contributed by atoms with Crippen molar-refractivity contribution in [3.05, 3.63) is 34.9 Å². The molecule has 13 heavy (non-hydrogen) atoms. The maximum Gasteiger partial charge on any atom is 0.0406 e. The number of benzene rings is 1. The Kier molecular flexibility index (Phi) is 2.80. The number of alkyl halides is 1. The lowest BCUT2D eigenvalue weighted by Gasteiger charge is -2.12. The normalized spacial score (nSPS) is 18.6. The fourth-order valence-corrected chi connectivity index (χ4v) is 2.25. The van der Waals surface area contributed by atoms with Gasteiger partial charge in [0.1, 0.15) is 0 Å². The molecule has 0 spiro atoms. The third kappa shape index (κ3) is 2.18. The monoisotopic (exact) mass is 214 g/mol. The Morgan fingerprint density at radius 3 is 2.31 bits per heavy atom. The topological polar surface area (TPSA) is 0 Å². The zero-order valence-electron chi connectivity index (χ0n) is 7.34. The molecule has 1 atom stereocenters. The molecule has 0 aliphatic heterocycles. The van der Waals surface area contributed by atoms with Crippen LogP contribution in [-0.2, 0) is 0 Å². The maximum atomic E-state index is 5.94. The number of hydrogen-bond donors (Lipinski definition) is 0. The summed E-state index contributed by atoms with van der Waals surface area (Å²) in [5.74, 6) is 2.09. The molecule has 70 valence electrons. The highest BCUT2D eigenvalue weighted by Gasteiger charge is 2.31. The summed E-state index contributed by atoms with van der Waals surface area (Å²) in [6.45, 7) is 0. The molecule has 1 aromatic carbocycles. The second kappa shape index (κ2) is 3.89. The van der Waals surface area contributed by atoms with Gasteiger partial charge in [0, 0.05) is 16.8 Å². The highest BCUT2D eigenvalue weighted by molar-refractivity contribution is 6.30. The van der Waals surface area contributed by atoms with Gasteiger partial charge in [-0.25, -0.2) is 0 Å². The van der Waals surface area contributed by atoms with Crippen LogP contribution in [0.15, 0.2) is 24.3 Å². The Balaban J connectivity index is 2.17. The van der Waals surface area contributed by atoms with Gasteiger partial charge in [0.25, 0.3) is 0 Å². The van der Waals surface area contributed by atoms with Gasteiger partial charge >= 0.3 is 0 Å². The molecule has 1 fully saturated rings. The molecular formula is C11H12Cl2. The average Bonchev–Trinajstić information content (AvgIpc) is 2.93. The molecule has 0 radical (unpaired) electrons. The van der Waals surface area contributed by atoms with Crippen molar-refractivity contribution >= 4 is 23.2 Å². The molecule has 1 aliphatic rings. The molecule has 0 amide bonds. The van der Waals surface area contributed by atoms with Crippen LogP contribution in [0, 0.1) is 5.92 Å². The Hall–Kier alpha value is -0.200. The molecule has 1 aromatic rings. The van der Waals surface area contributed by atoms with E-state index in [-0.39, 0.29) is 0 Å². The minimum Gasteiger partial charge on any atom is -0.126 e. The first-order valence-corrected chi connectivity index (χ1v) is 5.54. The van der Waals surface area contributed by atoms with E-state index in [0.717, 1.165) is 16.8 Å². The summed E-state index contributed by atoms with van der Waals surface area (Å²) in [6.07, 6.45) is 2.67. The van der Waals surface area contributed by atoms with Gasteiger partial charge in [-0.3, -0.25) is 0 Å². The summed E-state index contributed by atoms with van der Waals surface area (Å²) in [5, 5.41) is 0.799. The molecule has 1 aliphatic carbocycles. The average molecular weight is 215 g/mol. The molecule has 0 N–H and O–H groups in total. The van der Waals surface area contributed by atoms with Crippen molar-refractivity contribution in [2.45, 2.75) is 18.8 Å². The largest absolute Gasteiger partial charge is 0.126 e. The van der Waals surface area contributed by atoms with Crippen molar-refractivity contribution < 1.29 is 0 Å². The molecular weight excluding hydrogens is 203 g/mol. The quantitative estimate of drug-likeness (QED) is 0.666. The van der Waals surface area contributed by atoms with E-state index < -0.39 is 0 Å². The zero-order chi connectivity index (χ0) is 9.26. The standard InChI is InChI=1S/C11H12Cl2/c12-7-11(8-1-2-8)9-3-5-10(13)6-4-9/h3-6,8,11H,1-2,7H2. The van der Waals surface area contributed by atoms with Crippen molar-refractivity contribution in [1.82, 2.24) is 0 Å². The van der Waals surface area contributed by atoms with Crippen LogP contribution in [0.4, 0.5) is 0 Å². The van der Waals surface area contributed by atoms with Crippen LogP contribution in [0.5, 0.6) is 0 Å². The maximum absolute atomic E-state index is 5.94. The van der Waals surface area contributed by atoms with Crippen LogP contribution in [-0.4, -0.2) is 5.88 Å². The van der Waals surface area contributed by atoms with Crippen molar-refractivity contribution in [3.8, 4) is 0 Å². The van der Waals surface area contributed by atoms with E-state index in [4.69, 9.17) is 23.2 Å². The van der Waals surface area contributed by atoms with Crippen LogP contribution in [0.2, 0.25) is 5.02 Å². The van der Waals surface area contributed by atoms with Gasteiger partial charge in [-0.05, 0) is 36.5 Å². The minimum atomic E-state index is 0.541. The van der Waals surface area contributed by atoms with Gasteiger partial charge < -0.3 is 0 Å². The highest BCUT2D eigenvalue weighted by Crippen LogP contribution is 2.43. The van der Waals surface area contributed by atoms with Gasteiger partial charge in [-0.15, -0.1) is 11.6 Å². The highest BCUT2D eigenvalue weighted by atomic mass is 35.5. The Labute approximate surface area is 88.9 Å². The SMILES string of the molecule is ClCC(c1ccc(Cl)cc1)C1CC1. The van der Waals surface area contributed by atoms with E-state index in [1.807, 2.05) is 12.1 Å². The molecule has 0 aromatic heterocycles. The number of halogens is 2. The van der Waals surface area contributed by atoms with Crippen molar-refractivity contribution in [3.63, 3.8) is 0 Å². The van der Waals surface area contributed by atoms with E-state index in [9.17, 15) is 0 Å². The van der Waals surface area contributed by atoms with E-state index in [1.54, 1.807) is 0 Å². The van der Waals surface area contributed by atoms with Gasteiger partial charge in [0.05, 0.1) is 0 Å².